The SMILES string of the molecule is NC1C=C2CC[C@@]3(I)[C@@](I)(CCC4C(=O)CC[C@@]43I)C2=CC1N. The number of allylic oxidation sites excluding steroid dienone is 2. The molecule has 0 saturated heterocycles. The minimum atomic E-state index is -0.0905. The van der Waals surface area contributed by atoms with Crippen molar-refractivity contribution in [3.8, 4) is 0 Å². The summed E-state index contributed by atoms with van der Waals surface area (Å²) in [5.41, 5.74) is 15.3. The van der Waals surface area contributed by atoms with Crippen LogP contribution >= 0.6 is 67.8 Å². The van der Waals surface area contributed by atoms with Crippen LogP contribution in [-0.2, 0) is 4.79 Å². The Bertz CT molecular complexity index is 648. The van der Waals surface area contributed by atoms with E-state index in [-0.39, 0.29) is 28.3 Å². The second-order valence-corrected chi connectivity index (χ2v) is 13.1. The first-order valence-corrected chi connectivity index (χ1v) is 11.5. The molecule has 0 aromatic heterocycles. The monoisotopic (exact) mass is 650 g/mol. The van der Waals surface area contributed by atoms with Gasteiger partial charge in [-0.3, -0.25) is 4.79 Å². The van der Waals surface area contributed by atoms with Crippen LogP contribution in [0.3, 0.4) is 0 Å². The zero-order valence-corrected chi connectivity index (χ0v) is 19.3. The number of halogens is 3. The van der Waals surface area contributed by atoms with Crippen LogP contribution in [0.25, 0.3) is 0 Å². The van der Waals surface area contributed by atoms with Crippen molar-refractivity contribution >= 4 is 73.6 Å². The lowest BCUT2D eigenvalue weighted by atomic mass is 9.58. The Balaban J connectivity index is 1.84. The molecule has 6 atom stereocenters. The quantitative estimate of drug-likeness (QED) is 0.312. The fourth-order valence-electron chi connectivity index (χ4n) is 5.15. The molecular formula is C17H21I3N2O. The molecule has 3 nitrogen and oxygen atoms in total. The molecule has 6 heteroatoms. The van der Waals surface area contributed by atoms with Gasteiger partial charge in [-0.15, -0.1) is 0 Å². The minimum absolute atomic E-state index is 0.0616. The minimum Gasteiger partial charge on any atom is -0.323 e. The highest BCUT2D eigenvalue weighted by Crippen LogP contribution is 2.70. The van der Waals surface area contributed by atoms with Gasteiger partial charge in [0.05, 0.1) is 6.84 Å². The highest BCUT2D eigenvalue weighted by Gasteiger charge is 2.70. The van der Waals surface area contributed by atoms with Gasteiger partial charge in [0.15, 0.2) is 0 Å². The van der Waals surface area contributed by atoms with Gasteiger partial charge in [-0.1, -0.05) is 79.9 Å². The van der Waals surface area contributed by atoms with E-state index in [9.17, 15) is 4.79 Å². The highest BCUT2D eigenvalue weighted by atomic mass is 127. The number of Topliss-reactive ketones (excluding diaryl/α,β-unsaturated/α-hetero) is 1. The molecule has 0 radical (unpaired) electrons. The molecule has 0 heterocycles. The summed E-state index contributed by atoms with van der Waals surface area (Å²) in [7, 11) is 0. The summed E-state index contributed by atoms with van der Waals surface area (Å²) in [6.07, 6.45) is 10.5. The standard InChI is InChI=1S/C17H21I3N2O/c18-15-5-3-14(23)10(15)2-4-16(19)11-8-13(22)12(21)7-9(11)1-6-17(15,16)20/h7-8,10,12-13H,1-6,21-22H2/t10?,12?,13?,15-,16-,17+/m1/s1. The third-order valence-electron chi connectivity index (χ3n) is 6.45. The van der Waals surface area contributed by atoms with Crippen molar-refractivity contribution in [3.05, 3.63) is 23.3 Å². The highest BCUT2D eigenvalue weighted by molar-refractivity contribution is 14.1. The van der Waals surface area contributed by atoms with Gasteiger partial charge in [0.1, 0.15) is 5.78 Å². The summed E-state index contributed by atoms with van der Waals surface area (Å²) < 4.78 is 0.256. The summed E-state index contributed by atoms with van der Waals surface area (Å²) in [5.74, 6) is 0.736. The first-order valence-electron chi connectivity index (χ1n) is 8.27. The number of hydrogen-bond acceptors (Lipinski definition) is 3. The summed E-state index contributed by atoms with van der Waals surface area (Å²) >= 11 is 8.08. The molecular weight excluding hydrogens is 629 g/mol. The molecule has 0 spiro atoms. The van der Waals surface area contributed by atoms with Gasteiger partial charge in [0.2, 0.25) is 0 Å². The van der Waals surface area contributed by atoms with Crippen LogP contribution in [0.1, 0.15) is 38.5 Å². The Hall–Kier alpha value is 1.26. The average Bonchev–Trinajstić information content (AvgIpc) is 2.80. The summed E-state index contributed by atoms with van der Waals surface area (Å²) in [6.45, 7) is 0. The van der Waals surface area contributed by atoms with Gasteiger partial charge in [-0.2, -0.15) is 0 Å². The second-order valence-electron chi connectivity index (χ2n) is 7.45. The summed E-state index contributed by atoms with van der Waals surface area (Å²) in [4.78, 5) is 12.4. The lowest BCUT2D eigenvalue weighted by Gasteiger charge is -2.61. The maximum atomic E-state index is 12.4. The molecule has 23 heavy (non-hydrogen) atoms. The van der Waals surface area contributed by atoms with E-state index < -0.39 is 0 Å². The van der Waals surface area contributed by atoms with Gasteiger partial charge < -0.3 is 11.5 Å². The topological polar surface area (TPSA) is 69.1 Å². The van der Waals surface area contributed by atoms with Gasteiger partial charge in [0.25, 0.3) is 0 Å². The van der Waals surface area contributed by atoms with Crippen LogP contribution in [0.15, 0.2) is 23.3 Å². The molecule has 126 valence electrons. The van der Waals surface area contributed by atoms with Crippen LogP contribution in [0.4, 0.5) is 0 Å². The Kier molecular flexibility index (Phi) is 4.32. The molecule has 4 aliphatic rings. The van der Waals surface area contributed by atoms with E-state index in [1.54, 1.807) is 0 Å². The largest absolute Gasteiger partial charge is 0.323 e. The molecule has 3 fully saturated rings. The Morgan fingerprint density at radius 3 is 2.43 bits per heavy atom. The Morgan fingerprint density at radius 1 is 1.00 bits per heavy atom. The molecule has 3 unspecified atom stereocenters. The predicted molar refractivity (Wildman–Crippen MR) is 119 cm³/mol. The van der Waals surface area contributed by atoms with E-state index in [0.29, 0.717) is 5.78 Å². The predicted octanol–water partition coefficient (Wildman–Crippen LogP) is 3.60. The molecule has 4 rings (SSSR count). The van der Waals surface area contributed by atoms with Crippen molar-refractivity contribution in [2.75, 3.05) is 0 Å². The van der Waals surface area contributed by atoms with Crippen LogP contribution in [0, 0.1) is 5.92 Å². The summed E-state index contributed by atoms with van der Waals surface area (Å²) in [6, 6.07) is -0.152. The summed E-state index contributed by atoms with van der Waals surface area (Å²) in [5, 5.41) is 0. The van der Waals surface area contributed by atoms with E-state index in [4.69, 9.17) is 11.5 Å². The fourth-order valence-corrected chi connectivity index (χ4v) is 10.4. The van der Waals surface area contributed by atoms with Gasteiger partial charge in [0, 0.05) is 27.8 Å². The molecule has 0 amide bonds. The fraction of sp³-hybridized carbons (Fsp3) is 0.706. The van der Waals surface area contributed by atoms with Gasteiger partial charge in [-0.25, -0.2) is 0 Å². The zero-order chi connectivity index (χ0) is 16.6. The number of rotatable bonds is 0. The first kappa shape index (κ1) is 17.7. The average molecular weight is 650 g/mol. The Labute approximate surface area is 178 Å². The van der Waals surface area contributed by atoms with Crippen molar-refractivity contribution < 1.29 is 4.79 Å². The van der Waals surface area contributed by atoms with E-state index in [0.717, 1.165) is 38.5 Å². The number of hydrogen-bond donors (Lipinski definition) is 2. The van der Waals surface area contributed by atoms with E-state index in [2.05, 4.69) is 79.9 Å². The third kappa shape index (κ3) is 2.19. The van der Waals surface area contributed by atoms with Crippen molar-refractivity contribution in [3.63, 3.8) is 0 Å². The van der Waals surface area contributed by atoms with Crippen LogP contribution in [-0.4, -0.2) is 28.1 Å². The molecule has 0 bridgehead atoms. The number of alkyl halides is 3. The van der Waals surface area contributed by atoms with Crippen molar-refractivity contribution in [1.29, 1.82) is 0 Å². The number of carbonyl (C=O) groups is 1. The van der Waals surface area contributed by atoms with E-state index >= 15 is 0 Å². The van der Waals surface area contributed by atoms with Crippen molar-refractivity contribution in [2.45, 2.75) is 60.9 Å². The van der Waals surface area contributed by atoms with Gasteiger partial charge in [-0.05, 0) is 43.3 Å². The lowest BCUT2D eigenvalue weighted by Crippen LogP contribution is -2.66. The number of nitrogens with two attached hydrogens (primary N) is 2. The number of ketones is 1. The zero-order valence-electron chi connectivity index (χ0n) is 12.8. The number of fused-ring (bicyclic) bond motifs is 5. The smallest absolute Gasteiger partial charge is 0.137 e. The van der Waals surface area contributed by atoms with Crippen LogP contribution < -0.4 is 11.5 Å². The first-order chi connectivity index (χ1) is 10.7. The maximum Gasteiger partial charge on any atom is 0.137 e. The van der Waals surface area contributed by atoms with Crippen molar-refractivity contribution in [1.82, 2.24) is 0 Å². The molecule has 3 saturated carbocycles. The van der Waals surface area contributed by atoms with Crippen molar-refractivity contribution in [2.24, 2.45) is 17.4 Å². The van der Waals surface area contributed by atoms with Gasteiger partial charge >= 0.3 is 0 Å². The molecule has 4 aliphatic carbocycles. The normalized spacial score (nSPS) is 52.2. The molecule has 0 aromatic rings. The molecule has 0 aliphatic heterocycles. The lowest BCUT2D eigenvalue weighted by molar-refractivity contribution is -0.121. The Morgan fingerprint density at radius 2 is 1.70 bits per heavy atom. The molecule has 0 aromatic carbocycles. The maximum absolute atomic E-state index is 12.4. The number of carbonyl (C=O) groups excluding carboxylic acids is 1. The second kappa shape index (κ2) is 5.63. The van der Waals surface area contributed by atoms with Crippen LogP contribution in [0.2, 0.25) is 0 Å². The molecule has 4 N–H and O–H groups in total. The third-order valence-corrected chi connectivity index (χ3v) is 15.2. The van der Waals surface area contributed by atoms with E-state index in [1.165, 1.54) is 11.1 Å². The van der Waals surface area contributed by atoms with E-state index in [1.807, 2.05) is 0 Å². The van der Waals surface area contributed by atoms with Crippen LogP contribution in [0.5, 0.6) is 0 Å².